The highest BCUT2D eigenvalue weighted by Crippen LogP contribution is 2.13. The van der Waals surface area contributed by atoms with Crippen LogP contribution in [-0.2, 0) is 25.8 Å². The molecule has 4 nitrogen and oxygen atoms in total. The van der Waals surface area contributed by atoms with Gasteiger partial charge in [-0.3, -0.25) is 0 Å². The largest absolute Gasteiger partial charge is 0.248 e. The van der Waals surface area contributed by atoms with Crippen LogP contribution in [0.25, 0.3) is 6.20 Å². The summed E-state index contributed by atoms with van der Waals surface area (Å²) in [7, 11) is 2.83. The van der Waals surface area contributed by atoms with Gasteiger partial charge in [-0.25, -0.2) is 18.3 Å². The average Bonchev–Trinajstić information content (AvgIpc) is 3.37. The second kappa shape index (κ2) is 11.6. The lowest BCUT2D eigenvalue weighted by Crippen LogP contribution is -2.33. The first-order valence-corrected chi connectivity index (χ1v) is 11.0. The molecule has 0 saturated carbocycles. The third kappa shape index (κ3) is 6.76. The Hall–Kier alpha value is -2.19. The molecule has 150 valence electrons. The first-order chi connectivity index (χ1) is 13.6. The van der Waals surface area contributed by atoms with Crippen LogP contribution in [0.1, 0.15) is 50.3 Å². The van der Waals surface area contributed by atoms with Crippen LogP contribution < -0.4 is 9.13 Å². The summed E-state index contributed by atoms with van der Waals surface area (Å²) in [5.41, 5.74) is 4.02. The Labute approximate surface area is 172 Å². The topological polar surface area (TPSA) is 17.6 Å². The van der Waals surface area contributed by atoms with E-state index in [9.17, 15) is 0 Å². The van der Waals surface area contributed by atoms with Crippen molar-refractivity contribution in [2.75, 3.05) is 0 Å². The minimum absolute atomic E-state index is 0.868. The fraction of sp³-hybridized carbons (Fsp3) is 0.391. The predicted molar refractivity (Wildman–Crippen MR) is 120 cm³/mol. The molecular weight excluding hydrogens is 363 g/mol. The summed E-state index contributed by atoms with van der Waals surface area (Å²) in [5.74, 6) is 0. The van der Waals surface area contributed by atoms with E-state index in [0.29, 0.717) is 0 Å². The zero-order valence-electron chi connectivity index (χ0n) is 17.6. The molecule has 0 aliphatic heterocycles. The second-order valence-electron chi connectivity index (χ2n) is 6.99. The monoisotopic (exact) mass is 398 g/mol. The summed E-state index contributed by atoms with van der Waals surface area (Å²) in [6, 6.07) is 6.89. The summed E-state index contributed by atoms with van der Waals surface area (Å²) >= 11 is 0. The first-order valence-electron chi connectivity index (χ1n) is 10.2. The molecule has 2 heterocycles. The van der Waals surface area contributed by atoms with Crippen molar-refractivity contribution in [3.8, 4) is 0 Å². The highest BCUT2D eigenvalue weighted by molar-refractivity contribution is 7.15. The Morgan fingerprint density at radius 3 is 1.93 bits per heavy atom. The van der Waals surface area contributed by atoms with Gasteiger partial charge in [-0.2, -0.15) is 0 Å². The van der Waals surface area contributed by atoms with E-state index in [0.717, 1.165) is 25.8 Å². The molecule has 0 N–H and O–H groups in total. The fourth-order valence-corrected chi connectivity index (χ4v) is 3.13. The van der Waals surface area contributed by atoms with Gasteiger partial charge in [-0.05, 0) is 35.8 Å². The van der Waals surface area contributed by atoms with E-state index in [1.165, 1.54) is 29.5 Å². The van der Waals surface area contributed by atoms with Crippen molar-refractivity contribution in [1.29, 1.82) is 0 Å². The lowest BCUT2D eigenvalue weighted by Gasteiger charge is -2.06. The Bertz CT molecular complexity index is 861. The van der Waals surface area contributed by atoms with E-state index in [2.05, 4.69) is 99.7 Å². The number of aryl methyl sites for hydroxylation is 1. The number of hydrogen-bond donors (Lipinski definition) is 0. The van der Waals surface area contributed by atoms with Crippen molar-refractivity contribution in [2.24, 2.45) is 0 Å². The SMILES string of the molecule is C=Cn1cc[n+](Cc2cc(CP)cc(C[n+]3ccn(CC)c3)c2)c1.CCCC. The summed E-state index contributed by atoms with van der Waals surface area (Å²) in [4.78, 5) is 0. The van der Waals surface area contributed by atoms with Gasteiger partial charge in [0.1, 0.15) is 37.9 Å². The standard InChI is InChI=1S/C19H25N4P.C4H10/c1-3-20-5-7-22(15-20)12-17-9-18(11-19(10-17)14-24)13-23-8-6-21(4-2)16-23;1-3-4-2/h3,5-11,15-16H,1,4,12-14,24H2,2H3;3-4H2,1-2H3/q+2;. The maximum Gasteiger partial charge on any atom is 0.248 e. The van der Waals surface area contributed by atoms with E-state index >= 15 is 0 Å². The smallest absolute Gasteiger partial charge is 0.237 e. The zero-order valence-corrected chi connectivity index (χ0v) is 18.7. The van der Waals surface area contributed by atoms with Gasteiger partial charge in [0.25, 0.3) is 0 Å². The molecule has 3 rings (SSSR count). The van der Waals surface area contributed by atoms with Gasteiger partial charge in [0.05, 0.1) is 12.7 Å². The van der Waals surface area contributed by atoms with Gasteiger partial charge < -0.3 is 0 Å². The van der Waals surface area contributed by atoms with E-state index in [-0.39, 0.29) is 0 Å². The molecule has 0 amide bonds. The van der Waals surface area contributed by atoms with Gasteiger partial charge in [0.15, 0.2) is 0 Å². The summed E-state index contributed by atoms with van der Waals surface area (Å²) in [6.07, 6.45) is 18.0. The normalized spacial score (nSPS) is 10.4. The molecule has 2 aromatic heterocycles. The highest BCUT2D eigenvalue weighted by Gasteiger charge is 2.09. The van der Waals surface area contributed by atoms with Gasteiger partial charge in [0, 0.05) is 0 Å². The molecule has 28 heavy (non-hydrogen) atoms. The van der Waals surface area contributed by atoms with Crippen molar-refractivity contribution in [1.82, 2.24) is 9.13 Å². The molecule has 0 saturated heterocycles. The van der Waals surface area contributed by atoms with Crippen LogP contribution >= 0.6 is 9.24 Å². The van der Waals surface area contributed by atoms with Crippen molar-refractivity contribution >= 4 is 15.4 Å². The van der Waals surface area contributed by atoms with Crippen LogP contribution in [0.5, 0.6) is 0 Å². The number of aromatic nitrogens is 4. The molecule has 0 bridgehead atoms. The first kappa shape index (κ1) is 22.1. The molecule has 0 radical (unpaired) electrons. The van der Waals surface area contributed by atoms with Crippen LogP contribution in [0.3, 0.4) is 0 Å². The number of hydrogen-bond acceptors (Lipinski definition) is 0. The fourth-order valence-electron chi connectivity index (χ4n) is 2.89. The van der Waals surface area contributed by atoms with Crippen molar-refractivity contribution in [3.05, 3.63) is 78.9 Å². The molecule has 1 aromatic carbocycles. The lowest BCUT2D eigenvalue weighted by atomic mass is 10.1. The van der Waals surface area contributed by atoms with Crippen LogP contribution in [0.2, 0.25) is 0 Å². The summed E-state index contributed by atoms with van der Waals surface area (Å²) < 4.78 is 8.56. The molecular formula is C23H35N4P+2. The van der Waals surface area contributed by atoms with Gasteiger partial charge in [-0.1, -0.05) is 45.4 Å². The molecule has 0 aliphatic carbocycles. The number of imidazole rings is 2. The average molecular weight is 399 g/mol. The van der Waals surface area contributed by atoms with Crippen molar-refractivity contribution in [2.45, 2.75) is 59.4 Å². The number of unbranched alkanes of at least 4 members (excludes halogenated alkanes) is 1. The second-order valence-corrected chi connectivity index (χ2v) is 7.40. The molecule has 3 aromatic rings. The summed E-state index contributed by atoms with van der Waals surface area (Å²) in [5, 5.41) is 0. The van der Waals surface area contributed by atoms with Crippen LogP contribution in [0.15, 0.2) is 62.2 Å². The quantitative estimate of drug-likeness (QED) is 0.399. The van der Waals surface area contributed by atoms with Crippen LogP contribution in [0.4, 0.5) is 0 Å². The molecule has 5 heteroatoms. The molecule has 0 spiro atoms. The van der Waals surface area contributed by atoms with Crippen molar-refractivity contribution in [3.63, 3.8) is 0 Å². The lowest BCUT2D eigenvalue weighted by molar-refractivity contribution is -0.688. The Morgan fingerprint density at radius 2 is 1.46 bits per heavy atom. The zero-order chi connectivity index (χ0) is 20.4. The summed E-state index contributed by atoms with van der Waals surface area (Å²) in [6.45, 7) is 13.1. The number of rotatable bonds is 8. The Balaban J connectivity index is 0.000000640. The predicted octanol–water partition coefficient (Wildman–Crippen LogP) is 4.26. The van der Waals surface area contributed by atoms with Crippen LogP contribution in [0, 0.1) is 0 Å². The third-order valence-electron chi connectivity index (χ3n) is 4.61. The van der Waals surface area contributed by atoms with Crippen LogP contribution in [-0.4, -0.2) is 9.13 Å². The molecule has 0 aliphatic rings. The minimum atomic E-state index is 0.868. The minimum Gasteiger partial charge on any atom is -0.237 e. The Morgan fingerprint density at radius 1 is 0.893 bits per heavy atom. The van der Waals surface area contributed by atoms with E-state index < -0.39 is 0 Å². The molecule has 1 atom stereocenters. The van der Waals surface area contributed by atoms with Gasteiger partial charge in [-0.15, -0.1) is 9.24 Å². The Kier molecular flexibility index (Phi) is 9.16. The number of benzene rings is 1. The van der Waals surface area contributed by atoms with E-state index in [1.54, 1.807) is 6.20 Å². The maximum absolute atomic E-state index is 3.79. The van der Waals surface area contributed by atoms with Gasteiger partial charge >= 0.3 is 0 Å². The maximum atomic E-state index is 3.79. The van der Waals surface area contributed by atoms with E-state index in [1.807, 2.05) is 10.8 Å². The highest BCUT2D eigenvalue weighted by atomic mass is 31.0. The van der Waals surface area contributed by atoms with Gasteiger partial charge in [0.2, 0.25) is 12.7 Å². The number of nitrogens with zero attached hydrogens (tertiary/aromatic N) is 4. The van der Waals surface area contributed by atoms with Crippen molar-refractivity contribution < 1.29 is 9.13 Å². The molecule has 0 fully saturated rings. The molecule has 1 unspecified atom stereocenters. The third-order valence-corrected chi connectivity index (χ3v) is 5.08. The van der Waals surface area contributed by atoms with E-state index in [4.69, 9.17) is 0 Å².